The molecule has 0 fully saturated rings. The van der Waals surface area contributed by atoms with Crippen LogP contribution in [0.5, 0.6) is 0 Å². The van der Waals surface area contributed by atoms with Gasteiger partial charge in [0.2, 0.25) is 0 Å². The number of aryl methyl sites for hydroxylation is 1. The molecule has 1 amide bonds. The Morgan fingerprint density at radius 1 is 1.90 bits per heavy atom. The van der Waals surface area contributed by atoms with E-state index in [1.807, 2.05) is 0 Å². The van der Waals surface area contributed by atoms with Crippen molar-refractivity contribution in [3.8, 4) is 0 Å². The monoisotopic (exact) mass is 251 g/mol. The number of amides is 1. The minimum atomic E-state index is -0.124. The third kappa shape index (κ3) is 1.28. The van der Waals surface area contributed by atoms with Crippen LogP contribution >= 0.6 is 22.9 Å². The molecule has 0 aliphatic heterocycles. The minimum Gasteiger partial charge on any atom is -0.330 e. The molecule has 1 N–H and O–H groups in total. The van der Waals surface area contributed by atoms with E-state index in [-0.39, 0.29) is 5.91 Å². The molecule has 0 bridgehead atoms. The number of nitrogens with zero attached hydrogens (tertiary/aromatic N) is 2. The van der Waals surface area contributed by atoms with Gasteiger partial charge in [-0.2, -0.15) is 0 Å². The molecule has 1 aromatic rings. The molecule has 0 aliphatic carbocycles. The Kier molecular flexibility index (Phi) is 2.25. The van der Waals surface area contributed by atoms with Gasteiger partial charge in [-0.1, -0.05) is 0 Å². The molecule has 0 atom stereocenters. The van der Waals surface area contributed by atoms with Crippen LogP contribution < -0.4 is 3.53 Å². The summed E-state index contributed by atoms with van der Waals surface area (Å²) in [5, 5.41) is 0. The van der Waals surface area contributed by atoms with Crippen molar-refractivity contribution in [2.75, 3.05) is 0 Å². The second kappa shape index (κ2) is 3.00. The van der Waals surface area contributed by atoms with E-state index < -0.39 is 0 Å². The highest BCUT2D eigenvalue weighted by Gasteiger charge is 2.05. The maximum absolute atomic E-state index is 10.9. The van der Waals surface area contributed by atoms with Gasteiger partial charge < -0.3 is 4.57 Å². The molecule has 0 saturated heterocycles. The highest BCUT2D eigenvalue weighted by molar-refractivity contribution is 14.1. The van der Waals surface area contributed by atoms with E-state index in [2.05, 4.69) is 8.51 Å². The van der Waals surface area contributed by atoms with Gasteiger partial charge in [0, 0.05) is 7.05 Å². The number of carbonyl (C=O) groups is 1. The summed E-state index contributed by atoms with van der Waals surface area (Å²) >= 11 is 1.79. The van der Waals surface area contributed by atoms with Gasteiger partial charge in [0.25, 0.3) is 5.91 Å². The van der Waals surface area contributed by atoms with Crippen molar-refractivity contribution in [1.29, 1.82) is 0 Å². The lowest BCUT2D eigenvalue weighted by atomic mass is 10.4. The van der Waals surface area contributed by atoms with Crippen LogP contribution in [0.2, 0.25) is 0 Å². The average Bonchev–Trinajstić information content (AvgIpc) is 2.34. The highest BCUT2D eigenvalue weighted by Crippen LogP contribution is 1.95. The highest BCUT2D eigenvalue weighted by atomic mass is 127. The summed E-state index contributed by atoms with van der Waals surface area (Å²) in [6.45, 7) is 0. The lowest BCUT2D eigenvalue weighted by Gasteiger charge is -1.96. The van der Waals surface area contributed by atoms with E-state index in [1.165, 1.54) is 6.20 Å². The van der Waals surface area contributed by atoms with E-state index in [9.17, 15) is 4.79 Å². The maximum atomic E-state index is 10.9. The Hall–Kier alpha value is -0.590. The molecule has 0 radical (unpaired) electrons. The van der Waals surface area contributed by atoms with Gasteiger partial charge in [-0.15, -0.1) is 0 Å². The molecule has 1 aromatic heterocycles. The second-order valence-corrected chi connectivity index (χ2v) is 2.35. The smallest absolute Gasteiger partial charge is 0.278 e. The van der Waals surface area contributed by atoms with Crippen LogP contribution in [0, 0.1) is 0 Å². The number of nitrogens with one attached hydrogen (secondary N) is 1. The SMILES string of the molecule is Cn1cncc1C(=O)NI. The molecule has 0 unspecified atom stereocenters. The summed E-state index contributed by atoms with van der Waals surface area (Å²) in [4.78, 5) is 14.7. The molecular weight excluding hydrogens is 245 g/mol. The van der Waals surface area contributed by atoms with Crippen molar-refractivity contribution in [3.05, 3.63) is 18.2 Å². The number of hydrogen-bond acceptors (Lipinski definition) is 2. The fraction of sp³-hybridized carbons (Fsp3) is 0.200. The third-order valence-corrected chi connectivity index (χ3v) is 1.63. The molecule has 0 spiro atoms. The van der Waals surface area contributed by atoms with Gasteiger partial charge in [-0.05, 0) is 0 Å². The normalized spacial score (nSPS) is 9.40. The number of carbonyl (C=O) groups excluding carboxylic acids is 1. The maximum Gasteiger partial charge on any atom is 0.278 e. The first-order valence-corrected chi connectivity index (χ1v) is 3.71. The Balaban J connectivity index is 2.93. The van der Waals surface area contributed by atoms with Crippen LogP contribution in [-0.4, -0.2) is 15.5 Å². The summed E-state index contributed by atoms with van der Waals surface area (Å²) in [7, 11) is 1.77. The Morgan fingerprint density at radius 3 is 3.00 bits per heavy atom. The van der Waals surface area contributed by atoms with Gasteiger partial charge in [-0.25, -0.2) is 4.98 Å². The number of imidazole rings is 1. The molecule has 0 saturated carbocycles. The van der Waals surface area contributed by atoms with Gasteiger partial charge in [0.05, 0.1) is 35.4 Å². The fourth-order valence-electron chi connectivity index (χ4n) is 0.624. The van der Waals surface area contributed by atoms with Crippen LogP contribution in [0.4, 0.5) is 0 Å². The van der Waals surface area contributed by atoms with Crippen LogP contribution in [0.25, 0.3) is 0 Å². The Labute approximate surface area is 72.1 Å². The number of aromatic nitrogens is 2. The molecule has 0 aromatic carbocycles. The second-order valence-electron chi connectivity index (χ2n) is 1.81. The standard InChI is InChI=1S/C5H6IN3O/c1-9-3-7-2-4(9)5(10)8-6/h2-3H,1H3,(H,8,10). The first-order valence-electron chi connectivity index (χ1n) is 2.63. The minimum absolute atomic E-state index is 0.124. The number of rotatable bonds is 1. The lowest BCUT2D eigenvalue weighted by Crippen LogP contribution is -2.15. The first kappa shape index (κ1) is 7.52. The molecule has 10 heavy (non-hydrogen) atoms. The van der Waals surface area contributed by atoms with Crippen LogP contribution in [-0.2, 0) is 7.05 Å². The van der Waals surface area contributed by atoms with Crippen molar-refractivity contribution in [2.24, 2.45) is 7.05 Å². The Bertz CT molecular complexity index is 245. The van der Waals surface area contributed by atoms with E-state index >= 15 is 0 Å². The van der Waals surface area contributed by atoms with E-state index in [1.54, 1.807) is 40.8 Å². The van der Waals surface area contributed by atoms with Gasteiger partial charge in [0.15, 0.2) is 0 Å². The molecular formula is C5H6IN3O. The summed E-state index contributed by atoms with van der Waals surface area (Å²) in [5.74, 6) is -0.124. The molecule has 4 nitrogen and oxygen atoms in total. The fourth-order valence-corrected chi connectivity index (χ4v) is 0.901. The zero-order chi connectivity index (χ0) is 7.56. The predicted octanol–water partition coefficient (Wildman–Crippen LogP) is 0.500. The largest absolute Gasteiger partial charge is 0.330 e. The van der Waals surface area contributed by atoms with E-state index in [4.69, 9.17) is 0 Å². The summed E-state index contributed by atoms with van der Waals surface area (Å²) in [6.07, 6.45) is 3.11. The number of halogens is 1. The lowest BCUT2D eigenvalue weighted by molar-refractivity contribution is 0.0982. The van der Waals surface area contributed by atoms with Crippen molar-refractivity contribution >= 4 is 28.8 Å². The van der Waals surface area contributed by atoms with Gasteiger partial charge in [-0.3, -0.25) is 8.32 Å². The molecule has 0 aliphatic rings. The van der Waals surface area contributed by atoms with Gasteiger partial charge in [0.1, 0.15) is 5.69 Å². The average molecular weight is 251 g/mol. The summed E-state index contributed by atoms with van der Waals surface area (Å²) in [5.41, 5.74) is 0.564. The van der Waals surface area contributed by atoms with Gasteiger partial charge >= 0.3 is 0 Å². The quantitative estimate of drug-likeness (QED) is 0.583. The van der Waals surface area contributed by atoms with Crippen molar-refractivity contribution in [1.82, 2.24) is 13.1 Å². The zero-order valence-corrected chi connectivity index (χ0v) is 7.49. The first-order chi connectivity index (χ1) is 4.75. The zero-order valence-electron chi connectivity index (χ0n) is 5.34. The Morgan fingerprint density at radius 2 is 2.60 bits per heavy atom. The molecule has 1 rings (SSSR count). The summed E-state index contributed by atoms with van der Waals surface area (Å²) < 4.78 is 4.14. The molecule has 1 heterocycles. The molecule has 54 valence electrons. The van der Waals surface area contributed by atoms with Crippen molar-refractivity contribution in [3.63, 3.8) is 0 Å². The van der Waals surface area contributed by atoms with Crippen LogP contribution in [0.15, 0.2) is 12.5 Å². The van der Waals surface area contributed by atoms with Crippen LogP contribution in [0.3, 0.4) is 0 Å². The predicted molar refractivity (Wildman–Crippen MR) is 44.7 cm³/mol. The van der Waals surface area contributed by atoms with Crippen molar-refractivity contribution in [2.45, 2.75) is 0 Å². The van der Waals surface area contributed by atoms with E-state index in [0.29, 0.717) is 5.69 Å². The van der Waals surface area contributed by atoms with E-state index in [0.717, 1.165) is 0 Å². The van der Waals surface area contributed by atoms with Crippen LogP contribution in [0.1, 0.15) is 10.5 Å². The third-order valence-electron chi connectivity index (χ3n) is 1.14. The topological polar surface area (TPSA) is 46.9 Å². The summed E-state index contributed by atoms with van der Waals surface area (Å²) in [6, 6.07) is 0. The van der Waals surface area contributed by atoms with Crippen molar-refractivity contribution < 1.29 is 4.79 Å². The molecule has 5 heteroatoms. The number of hydrogen-bond donors (Lipinski definition) is 1.